The molecule has 1 heterocycles. The van der Waals surface area contributed by atoms with Gasteiger partial charge < -0.3 is 16.2 Å². The fourth-order valence-electron chi connectivity index (χ4n) is 1.49. The van der Waals surface area contributed by atoms with Crippen molar-refractivity contribution < 1.29 is 5.11 Å². The van der Waals surface area contributed by atoms with Crippen LogP contribution in [0, 0.1) is 11.3 Å². The largest absolute Gasteiger partial charge is 0.397 e. The summed E-state index contributed by atoms with van der Waals surface area (Å²) in [4.78, 5) is 4.06. The van der Waals surface area contributed by atoms with Gasteiger partial charge in [-0.05, 0) is 26.3 Å². The molecule has 0 spiro atoms. The first-order valence-corrected chi connectivity index (χ1v) is 5.13. The molecule has 16 heavy (non-hydrogen) atoms. The molecule has 2 atom stereocenters. The van der Waals surface area contributed by atoms with Crippen LogP contribution in [-0.2, 0) is 0 Å². The molecule has 0 aliphatic rings. The van der Waals surface area contributed by atoms with Crippen LogP contribution in [0.5, 0.6) is 0 Å². The van der Waals surface area contributed by atoms with Crippen molar-refractivity contribution in [3.8, 4) is 6.07 Å². The summed E-state index contributed by atoms with van der Waals surface area (Å²) in [6, 6.07) is 3.65. The van der Waals surface area contributed by atoms with Crippen molar-refractivity contribution in [2.24, 2.45) is 0 Å². The van der Waals surface area contributed by atoms with Crippen LogP contribution in [0.1, 0.15) is 25.8 Å². The number of nitrogen functional groups attached to an aromatic ring is 1. The molecule has 2 unspecified atom stereocenters. The smallest absolute Gasteiger partial charge is 0.144 e. The van der Waals surface area contributed by atoms with Crippen LogP contribution in [0.4, 0.5) is 11.5 Å². The molecular weight excluding hydrogens is 204 g/mol. The minimum Gasteiger partial charge on any atom is -0.397 e. The lowest BCUT2D eigenvalue weighted by molar-refractivity contribution is 0.179. The van der Waals surface area contributed by atoms with Gasteiger partial charge in [0, 0.05) is 6.04 Å². The number of aromatic nitrogens is 1. The number of anilines is 2. The number of aliphatic hydroxyl groups is 1. The second-order valence-corrected chi connectivity index (χ2v) is 3.91. The molecule has 0 amide bonds. The Kier molecular flexibility index (Phi) is 4.09. The molecule has 0 fully saturated rings. The number of pyridine rings is 1. The van der Waals surface area contributed by atoms with E-state index in [1.54, 1.807) is 13.0 Å². The molecule has 0 saturated heterocycles. The molecule has 5 nitrogen and oxygen atoms in total. The highest BCUT2D eigenvalue weighted by molar-refractivity contribution is 5.57. The third kappa shape index (κ3) is 3.41. The van der Waals surface area contributed by atoms with E-state index < -0.39 is 0 Å². The number of nitrogens with one attached hydrogen (secondary N) is 1. The lowest BCUT2D eigenvalue weighted by Gasteiger charge is -2.16. The predicted molar refractivity (Wildman–Crippen MR) is 62.7 cm³/mol. The summed E-state index contributed by atoms with van der Waals surface area (Å²) in [6.45, 7) is 3.64. The lowest BCUT2D eigenvalue weighted by atomic mass is 10.1. The third-order valence-electron chi connectivity index (χ3n) is 2.11. The standard InChI is InChI=1S/C11H16N4O/c1-7(3-8(2)16)15-11-9(5-12)4-10(13)6-14-11/h4,6-8,16H,3,13H2,1-2H3,(H,14,15). The first kappa shape index (κ1) is 12.3. The van der Waals surface area contributed by atoms with Crippen LogP contribution in [0.2, 0.25) is 0 Å². The van der Waals surface area contributed by atoms with Gasteiger partial charge in [0.15, 0.2) is 0 Å². The zero-order valence-corrected chi connectivity index (χ0v) is 9.44. The summed E-state index contributed by atoms with van der Waals surface area (Å²) >= 11 is 0. The van der Waals surface area contributed by atoms with E-state index >= 15 is 0 Å². The van der Waals surface area contributed by atoms with Crippen LogP contribution in [0.3, 0.4) is 0 Å². The van der Waals surface area contributed by atoms with Gasteiger partial charge in [0.2, 0.25) is 0 Å². The zero-order chi connectivity index (χ0) is 12.1. The molecular formula is C11H16N4O. The van der Waals surface area contributed by atoms with Gasteiger partial charge in [0.1, 0.15) is 11.9 Å². The Bertz CT molecular complexity index is 397. The maximum Gasteiger partial charge on any atom is 0.144 e. The van der Waals surface area contributed by atoms with Gasteiger partial charge in [0.25, 0.3) is 0 Å². The van der Waals surface area contributed by atoms with Gasteiger partial charge in [-0.15, -0.1) is 0 Å². The maximum atomic E-state index is 9.23. The van der Waals surface area contributed by atoms with Gasteiger partial charge in [0.05, 0.1) is 23.6 Å². The minimum absolute atomic E-state index is 0.0447. The first-order valence-electron chi connectivity index (χ1n) is 5.13. The van der Waals surface area contributed by atoms with Crippen molar-refractivity contribution in [1.82, 2.24) is 4.98 Å². The average molecular weight is 220 g/mol. The Morgan fingerprint density at radius 3 is 2.88 bits per heavy atom. The molecule has 86 valence electrons. The number of aliphatic hydroxyl groups excluding tert-OH is 1. The molecule has 5 heteroatoms. The highest BCUT2D eigenvalue weighted by Crippen LogP contribution is 2.16. The fourth-order valence-corrected chi connectivity index (χ4v) is 1.49. The van der Waals surface area contributed by atoms with Gasteiger partial charge in [-0.25, -0.2) is 4.98 Å². The van der Waals surface area contributed by atoms with Crippen LogP contribution in [-0.4, -0.2) is 22.2 Å². The molecule has 1 aromatic rings. The Balaban J connectivity index is 2.77. The number of nitrogens with zero attached hydrogens (tertiary/aromatic N) is 2. The summed E-state index contributed by atoms with van der Waals surface area (Å²) in [5.74, 6) is 0.504. The van der Waals surface area contributed by atoms with E-state index in [1.165, 1.54) is 6.20 Å². The molecule has 4 N–H and O–H groups in total. The van der Waals surface area contributed by atoms with Crippen LogP contribution < -0.4 is 11.1 Å². The van der Waals surface area contributed by atoms with Crippen molar-refractivity contribution in [2.75, 3.05) is 11.1 Å². The maximum absolute atomic E-state index is 9.23. The van der Waals surface area contributed by atoms with E-state index in [1.807, 2.05) is 13.0 Å². The van der Waals surface area contributed by atoms with E-state index in [-0.39, 0.29) is 12.1 Å². The van der Waals surface area contributed by atoms with Gasteiger partial charge in [-0.3, -0.25) is 0 Å². The Labute approximate surface area is 94.9 Å². The van der Waals surface area contributed by atoms with Crippen LogP contribution >= 0.6 is 0 Å². The third-order valence-corrected chi connectivity index (χ3v) is 2.11. The van der Waals surface area contributed by atoms with Crippen molar-refractivity contribution in [3.63, 3.8) is 0 Å². The Morgan fingerprint density at radius 2 is 2.31 bits per heavy atom. The van der Waals surface area contributed by atoms with Crippen LogP contribution in [0.15, 0.2) is 12.3 Å². The number of rotatable bonds is 4. The molecule has 0 aromatic carbocycles. The van der Waals surface area contributed by atoms with E-state index in [2.05, 4.69) is 10.3 Å². The zero-order valence-electron chi connectivity index (χ0n) is 9.44. The topological polar surface area (TPSA) is 95.0 Å². The fraction of sp³-hybridized carbons (Fsp3) is 0.455. The number of nitrogens with two attached hydrogens (primary N) is 1. The second kappa shape index (κ2) is 5.33. The normalized spacial score (nSPS) is 13.9. The van der Waals surface area contributed by atoms with Gasteiger partial charge in [-0.1, -0.05) is 0 Å². The number of hydrogen-bond donors (Lipinski definition) is 3. The number of nitriles is 1. The highest BCUT2D eigenvalue weighted by atomic mass is 16.3. The van der Waals surface area contributed by atoms with Crippen molar-refractivity contribution in [2.45, 2.75) is 32.4 Å². The molecule has 0 saturated carbocycles. The monoisotopic (exact) mass is 220 g/mol. The molecule has 0 radical (unpaired) electrons. The highest BCUT2D eigenvalue weighted by Gasteiger charge is 2.10. The summed E-state index contributed by atoms with van der Waals surface area (Å²) in [6.07, 6.45) is 1.71. The molecule has 1 rings (SSSR count). The van der Waals surface area contributed by atoms with Crippen molar-refractivity contribution in [1.29, 1.82) is 5.26 Å². The quantitative estimate of drug-likeness (QED) is 0.706. The van der Waals surface area contributed by atoms with E-state index in [0.717, 1.165) is 0 Å². The summed E-state index contributed by atoms with van der Waals surface area (Å²) < 4.78 is 0. The summed E-state index contributed by atoms with van der Waals surface area (Å²) in [7, 11) is 0. The van der Waals surface area contributed by atoms with E-state index in [0.29, 0.717) is 23.5 Å². The van der Waals surface area contributed by atoms with E-state index in [4.69, 9.17) is 11.0 Å². The molecule has 0 bridgehead atoms. The summed E-state index contributed by atoms with van der Waals surface area (Å²) in [5.41, 5.74) is 6.41. The minimum atomic E-state index is -0.387. The van der Waals surface area contributed by atoms with Gasteiger partial charge in [-0.2, -0.15) is 5.26 Å². The van der Waals surface area contributed by atoms with Crippen molar-refractivity contribution in [3.05, 3.63) is 17.8 Å². The van der Waals surface area contributed by atoms with E-state index in [9.17, 15) is 5.11 Å². The molecule has 0 aliphatic heterocycles. The first-order chi connectivity index (χ1) is 7.52. The second-order valence-electron chi connectivity index (χ2n) is 3.91. The van der Waals surface area contributed by atoms with Crippen LogP contribution in [0.25, 0.3) is 0 Å². The lowest BCUT2D eigenvalue weighted by Crippen LogP contribution is -2.21. The predicted octanol–water partition coefficient (Wildman–Crippen LogP) is 1.11. The van der Waals surface area contributed by atoms with Gasteiger partial charge >= 0.3 is 0 Å². The Hall–Kier alpha value is -1.80. The molecule has 0 aliphatic carbocycles. The molecule has 1 aromatic heterocycles. The van der Waals surface area contributed by atoms with Crippen molar-refractivity contribution >= 4 is 11.5 Å². The average Bonchev–Trinajstić information content (AvgIpc) is 2.19. The number of hydrogen-bond acceptors (Lipinski definition) is 5. The summed E-state index contributed by atoms with van der Waals surface area (Å²) in [5, 5.41) is 21.2. The SMILES string of the molecule is CC(O)CC(C)Nc1ncc(N)cc1C#N. The Morgan fingerprint density at radius 1 is 1.62 bits per heavy atom.